The number of hydrogen-bond donors (Lipinski definition) is 1. The Morgan fingerprint density at radius 3 is 2.35 bits per heavy atom. The third-order valence-electron chi connectivity index (χ3n) is 3.03. The summed E-state index contributed by atoms with van der Waals surface area (Å²) in [5.41, 5.74) is -0.778. The van der Waals surface area contributed by atoms with E-state index in [1.165, 1.54) is 16.8 Å². The molecule has 0 saturated carbocycles. The zero-order valence-corrected chi connectivity index (χ0v) is 13.5. The second-order valence-corrected chi connectivity index (χ2v) is 4.29. The van der Waals surface area contributed by atoms with Gasteiger partial charge in [0.1, 0.15) is 6.23 Å². The lowest BCUT2D eigenvalue weighted by atomic mass is 10.0. The Bertz CT molecular complexity index is 478. The Morgan fingerprint density at radius 1 is 1.30 bits per heavy atom. The molecule has 0 amide bonds. The summed E-state index contributed by atoms with van der Waals surface area (Å²) in [5, 5.41) is 0. The molecule has 20 heavy (non-hydrogen) atoms. The van der Waals surface area contributed by atoms with Crippen LogP contribution in [0.5, 0.6) is 0 Å². The first-order valence-electron chi connectivity index (χ1n) is 7.58. The van der Waals surface area contributed by atoms with Crippen molar-refractivity contribution < 1.29 is 4.74 Å². The highest BCUT2D eigenvalue weighted by atomic mass is 16.5. The van der Waals surface area contributed by atoms with Crippen LogP contribution < -0.4 is 11.2 Å². The molecule has 116 valence electrons. The molecule has 3 atom stereocenters. The third-order valence-corrected chi connectivity index (χ3v) is 3.03. The van der Waals surface area contributed by atoms with E-state index in [2.05, 4.69) is 18.8 Å². The summed E-state index contributed by atoms with van der Waals surface area (Å²) in [6, 6.07) is 1.34. The van der Waals surface area contributed by atoms with Crippen LogP contribution in [0.1, 0.15) is 60.6 Å². The number of H-pyrrole nitrogens is 1. The fraction of sp³-hybridized carbons (Fsp3) is 0.733. The van der Waals surface area contributed by atoms with E-state index in [1.54, 1.807) is 0 Å². The highest BCUT2D eigenvalue weighted by Crippen LogP contribution is 2.33. The van der Waals surface area contributed by atoms with E-state index in [0.29, 0.717) is 0 Å². The van der Waals surface area contributed by atoms with Crippen molar-refractivity contribution in [2.45, 2.75) is 66.7 Å². The molecule has 5 nitrogen and oxygen atoms in total. The van der Waals surface area contributed by atoms with Crippen LogP contribution in [0.15, 0.2) is 21.9 Å². The molecule has 2 rings (SSSR count). The van der Waals surface area contributed by atoms with Crippen LogP contribution in [0, 0.1) is 5.92 Å². The van der Waals surface area contributed by atoms with Gasteiger partial charge in [-0.2, -0.15) is 0 Å². The lowest BCUT2D eigenvalue weighted by Crippen LogP contribution is -2.33. The summed E-state index contributed by atoms with van der Waals surface area (Å²) in [7, 11) is 0. The molecule has 5 heteroatoms. The molecule has 1 aromatic rings. The van der Waals surface area contributed by atoms with Crippen LogP contribution in [0.2, 0.25) is 0 Å². The van der Waals surface area contributed by atoms with Gasteiger partial charge in [-0.05, 0) is 12.8 Å². The van der Waals surface area contributed by atoms with Gasteiger partial charge in [-0.25, -0.2) is 4.79 Å². The van der Waals surface area contributed by atoms with Crippen LogP contribution >= 0.6 is 0 Å². The average molecular weight is 284 g/mol. The fourth-order valence-corrected chi connectivity index (χ4v) is 2.15. The normalized spacial score (nSPS) is 24.2. The van der Waals surface area contributed by atoms with E-state index in [0.717, 1.165) is 12.8 Å². The smallest absolute Gasteiger partial charge is 0.330 e. The zero-order chi connectivity index (χ0) is 15.7. The molecule has 0 bridgehead atoms. The van der Waals surface area contributed by atoms with Crippen molar-refractivity contribution in [3.63, 3.8) is 0 Å². The summed E-state index contributed by atoms with van der Waals surface area (Å²) < 4.78 is 7.23. The van der Waals surface area contributed by atoms with Crippen molar-refractivity contribution in [3.05, 3.63) is 33.1 Å². The maximum Gasteiger partial charge on any atom is 0.330 e. The van der Waals surface area contributed by atoms with Gasteiger partial charge < -0.3 is 4.74 Å². The van der Waals surface area contributed by atoms with Gasteiger partial charge in [0.15, 0.2) is 0 Å². The van der Waals surface area contributed by atoms with Crippen molar-refractivity contribution in [1.82, 2.24) is 9.55 Å². The number of hydrogen-bond acceptors (Lipinski definition) is 3. The zero-order valence-electron chi connectivity index (χ0n) is 13.5. The second kappa shape index (κ2) is 9.53. The first-order valence-corrected chi connectivity index (χ1v) is 7.58. The van der Waals surface area contributed by atoms with Gasteiger partial charge in [-0.15, -0.1) is 0 Å². The molecular formula is C15H28N2O3. The summed E-state index contributed by atoms with van der Waals surface area (Å²) in [6.07, 6.45) is 3.35. The SMILES string of the molecule is CC.CC.CCC1C[C@H](C)C(n2ccc(=O)[nH]c2=O)O1. The molecule has 2 unspecified atom stereocenters. The first-order chi connectivity index (χ1) is 9.61. The standard InChI is InChI=1S/C11H16N2O3.2C2H6/c1-3-8-6-7(2)10(16-8)13-5-4-9(14)12-11(13)15;2*1-2/h4-5,7-8,10H,3,6H2,1-2H3,(H,12,14,15);2*1-2H3/t7-,8?,10?;;/m0../s1. The van der Waals surface area contributed by atoms with Gasteiger partial charge in [-0.1, -0.05) is 41.5 Å². The molecule has 1 fully saturated rings. The summed E-state index contributed by atoms with van der Waals surface area (Å²) >= 11 is 0. The van der Waals surface area contributed by atoms with Crippen LogP contribution in [-0.4, -0.2) is 15.7 Å². The van der Waals surface area contributed by atoms with Crippen LogP contribution in [0.25, 0.3) is 0 Å². The molecule has 1 N–H and O–H groups in total. The maximum absolute atomic E-state index is 11.6. The first kappa shape index (κ1) is 18.6. The molecule has 0 aromatic carbocycles. The number of rotatable bonds is 2. The molecular weight excluding hydrogens is 256 g/mol. The average Bonchev–Trinajstić information content (AvgIpc) is 2.84. The van der Waals surface area contributed by atoms with E-state index in [9.17, 15) is 9.59 Å². The van der Waals surface area contributed by atoms with Crippen molar-refractivity contribution in [2.24, 2.45) is 5.92 Å². The second-order valence-electron chi connectivity index (χ2n) is 4.29. The van der Waals surface area contributed by atoms with E-state index < -0.39 is 5.69 Å². The highest BCUT2D eigenvalue weighted by molar-refractivity contribution is 4.87. The van der Waals surface area contributed by atoms with Crippen molar-refractivity contribution in [3.8, 4) is 0 Å². The molecule has 0 aliphatic carbocycles. The third kappa shape index (κ3) is 4.63. The number of aromatic nitrogens is 2. The molecule has 0 spiro atoms. The van der Waals surface area contributed by atoms with E-state index in [-0.39, 0.29) is 23.8 Å². The fourth-order valence-electron chi connectivity index (χ4n) is 2.15. The minimum absolute atomic E-state index is 0.207. The largest absolute Gasteiger partial charge is 0.354 e. The van der Waals surface area contributed by atoms with Gasteiger partial charge in [0.05, 0.1) is 6.10 Å². The maximum atomic E-state index is 11.6. The molecule has 1 saturated heterocycles. The van der Waals surface area contributed by atoms with Crippen LogP contribution in [0.3, 0.4) is 0 Å². The van der Waals surface area contributed by atoms with Gasteiger partial charge in [0.2, 0.25) is 0 Å². The predicted octanol–water partition coefficient (Wildman–Crippen LogP) is 2.92. The predicted molar refractivity (Wildman–Crippen MR) is 82.0 cm³/mol. The number of nitrogens with zero attached hydrogens (tertiary/aromatic N) is 1. The summed E-state index contributed by atoms with van der Waals surface area (Å²) in [4.78, 5) is 24.8. The molecule has 1 aromatic heterocycles. The van der Waals surface area contributed by atoms with Crippen molar-refractivity contribution >= 4 is 0 Å². The molecule has 1 aliphatic rings. The molecule has 2 heterocycles. The van der Waals surface area contributed by atoms with E-state index in [1.807, 2.05) is 27.7 Å². The van der Waals surface area contributed by atoms with Crippen LogP contribution in [-0.2, 0) is 4.74 Å². The van der Waals surface area contributed by atoms with Crippen LogP contribution in [0.4, 0.5) is 0 Å². The monoisotopic (exact) mass is 284 g/mol. The molecule has 0 radical (unpaired) electrons. The quantitative estimate of drug-likeness (QED) is 0.908. The van der Waals surface area contributed by atoms with Gasteiger partial charge in [0.25, 0.3) is 5.56 Å². The van der Waals surface area contributed by atoms with Gasteiger partial charge in [0, 0.05) is 18.2 Å². The van der Waals surface area contributed by atoms with Gasteiger partial charge in [-0.3, -0.25) is 14.3 Å². The number of nitrogens with one attached hydrogen (secondary N) is 1. The highest BCUT2D eigenvalue weighted by Gasteiger charge is 2.32. The summed E-state index contributed by atoms with van der Waals surface area (Å²) in [5.74, 6) is 0.286. The Hall–Kier alpha value is -1.36. The van der Waals surface area contributed by atoms with Crippen molar-refractivity contribution in [1.29, 1.82) is 0 Å². The minimum Gasteiger partial charge on any atom is -0.354 e. The lowest BCUT2D eigenvalue weighted by Gasteiger charge is -2.17. The lowest BCUT2D eigenvalue weighted by molar-refractivity contribution is -0.0142. The topological polar surface area (TPSA) is 64.1 Å². The molecule has 1 aliphatic heterocycles. The number of aromatic amines is 1. The minimum atomic E-state index is -0.402. The van der Waals surface area contributed by atoms with E-state index >= 15 is 0 Å². The Balaban J connectivity index is 0.000000829. The Kier molecular flexibility index (Phi) is 8.88. The van der Waals surface area contributed by atoms with Gasteiger partial charge >= 0.3 is 5.69 Å². The Morgan fingerprint density at radius 2 is 1.90 bits per heavy atom. The van der Waals surface area contributed by atoms with Crippen molar-refractivity contribution in [2.75, 3.05) is 0 Å². The summed E-state index contributed by atoms with van der Waals surface area (Å²) in [6.45, 7) is 12.1. The number of ether oxygens (including phenoxy) is 1. The Labute approximate surface area is 121 Å². The van der Waals surface area contributed by atoms with E-state index in [4.69, 9.17) is 4.74 Å².